The Morgan fingerprint density at radius 3 is 2.79 bits per heavy atom. The number of ether oxygens (including phenoxy) is 2. The van der Waals surface area contributed by atoms with E-state index in [1.807, 2.05) is 0 Å². The molecule has 0 N–H and O–H groups in total. The van der Waals surface area contributed by atoms with E-state index < -0.39 is 5.82 Å². The van der Waals surface area contributed by atoms with Gasteiger partial charge in [0, 0.05) is 18.7 Å². The predicted molar refractivity (Wildman–Crippen MR) is 49.2 cm³/mol. The van der Waals surface area contributed by atoms with Crippen LogP contribution in [-0.2, 0) is 4.74 Å². The van der Waals surface area contributed by atoms with E-state index >= 15 is 0 Å². The molecule has 0 aliphatic carbocycles. The van der Waals surface area contributed by atoms with Crippen LogP contribution in [0.5, 0.6) is 5.75 Å². The first kappa shape index (κ1) is 10.7. The minimum Gasteiger partial charge on any atom is -0.491 e. The largest absolute Gasteiger partial charge is 0.491 e. The lowest BCUT2D eigenvalue weighted by atomic mass is 10.2. The molecule has 0 saturated carbocycles. The molecular formula is C10H11FO3. The van der Waals surface area contributed by atoms with E-state index in [-0.39, 0.29) is 5.56 Å². The van der Waals surface area contributed by atoms with Crippen molar-refractivity contribution in [3.8, 4) is 5.75 Å². The summed E-state index contributed by atoms with van der Waals surface area (Å²) in [6.45, 7) is 0.755. The van der Waals surface area contributed by atoms with Crippen LogP contribution in [0, 0.1) is 5.82 Å². The van der Waals surface area contributed by atoms with Gasteiger partial charge in [-0.1, -0.05) is 0 Å². The number of rotatable bonds is 5. The molecule has 0 aromatic heterocycles. The molecule has 0 aliphatic heterocycles. The molecule has 14 heavy (non-hydrogen) atoms. The van der Waals surface area contributed by atoms with Crippen LogP contribution >= 0.6 is 0 Å². The van der Waals surface area contributed by atoms with Gasteiger partial charge in [0.15, 0.2) is 0 Å². The Kier molecular flexibility index (Phi) is 4.07. The molecule has 0 unspecified atom stereocenters. The van der Waals surface area contributed by atoms with Gasteiger partial charge >= 0.3 is 0 Å². The molecule has 0 spiro atoms. The summed E-state index contributed by atoms with van der Waals surface area (Å²) in [7, 11) is 1.55. The number of hydrogen-bond acceptors (Lipinski definition) is 3. The monoisotopic (exact) mass is 198 g/mol. The molecule has 0 radical (unpaired) electrons. The van der Waals surface area contributed by atoms with Gasteiger partial charge in [0.25, 0.3) is 0 Å². The summed E-state index contributed by atoms with van der Waals surface area (Å²) in [5.74, 6) is -0.147. The minimum absolute atomic E-state index is 0.261. The van der Waals surface area contributed by atoms with Crippen molar-refractivity contribution in [1.29, 1.82) is 0 Å². The van der Waals surface area contributed by atoms with Gasteiger partial charge in [-0.05, 0) is 12.1 Å². The van der Waals surface area contributed by atoms with Crippen molar-refractivity contribution in [1.82, 2.24) is 0 Å². The van der Waals surface area contributed by atoms with Crippen molar-refractivity contribution in [2.45, 2.75) is 0 Å². The predicted octanol–water partition coefficient (Wildman–Crippen LogP) is 1.66. The van der Waals surface area contributed by atoms with Gasteiger partial charge < -0.3 is 9.47 Å². The molecule has 76 valence electrons. The summed E-state index contributed by atoms with van der Waals surface area (Å²) >= 11 is 0. The molecule has 1 aromatic rings. The Morgan fingerprint density at radius 2 is 2.14 bits per heavy atom. The van der Waals surface area contributed by atoms with Gasteiger partial charge in [-0.15, -0.1) is 0 Å². The highest BCUT2D eigenvalue weighted by molar-refractivity contribution is 5.75. The summed E-state index contributed by atoms with van der Waals surface area (Å²) < 4.78 is 22.8. The summed E-state index contributed by atoms with van der Waals surface area (Å²) in [4.78, 5) is 10.4. The Labute approximate surface area is 81.4 Å². The first-order valence-corrected chi connectivity index (χ1v) is 4.14. The van der Waals surface area contributed by atoms with Crippen molar-refractivity contribution in [2.24, 2.45) is 0 Å². The molecule has 0 atom stereocenters. The van der Waals surface area contributed by atoms with Crippen LogP contribution in [0.3, 0.4) is 0 Å². The number of aldehydes is 1. The van der Waals surface area contributed by atoms with E-state index in [0.717, 1.165) is 6.07 Å². The fourth-order valence-corrected chi connectivity index (χ4v) is 0.979. The third-order valence-electron chi connectivity index (χ3n) is 1.59. The molecule has 4 heteroatoms. The standard InChI is InChI=1S/C10H11FO3/c1-13-2-3-14-10-5-8(7-12)4-9(11)6-10/h4-7H,2-3H2,1H3. The second kappa shape index (κ2) is 5.34. The lowest BCUT2D eigenvalue weighted by molar-refractivity contribution is 0.112. The quantitative estimate of drug-likeness (QED) is 0.533. The van der Waals surface area contributed by atoms with Crippen molar-refractivity contribution in [2.75, 3.05) is 20.3 Å². The third kappa shape index (κ3) is 3.14. The average molecular weight is 198 g/mol. The van der Waals surface area contributed by atoms with Gasteiger partial charge in [-0.25, -0.2) is 4.39 Å². The number of benzene rings is 1. The topological polar surface area (TPSA) is 35.5 Å². The summed E-state index contributed by atoms with van der Waals surface area (Å²) in [5.41, 5.74) is 0.261. The molecule has 1 rings (SSSR count). The van der Waals surface area contributed by atoms with E-state index in [2.05, 4.69) is 0 Å². The summed E-state index contributed by atoms with van der Waals surface area (Å²) in [6, 6.07) is 3.85. The Hall–Kier alpha value is -1.42. The SMILES string of the molecule is COCCOc1cc(F)cc(C=O)c1. The maximum absolute atomic E-state index is 12.9. The van der Waals surface area contributed by atoms with Gasteiger partial charge in [0.1, 0.15) is 24.5 Å². The smallest absolute Gasteiger partial charge is 0.150 e. The molecule has 0 heterocycles. The average Bonchev–Trinajstić information content (AvgIpc) is 2.17. The molecule has 0 fully saturated rings. The lowest BCUT2D eigenvalue weighted by Crippen LogP contribution is -2.04. The first-order valence-electron chi connectivity index (χ1n) is 4.14. The second-order valence-electron chi connectivity index (χ2n) is 2.68. The molecule has 1 aromatic carbocycles. The highest BCUT2D eigenvalue weighted by Crippen LogP contribution is 2.15. The zero-order valence-electron chi connectivity index (χ0n) is 7.83. The summed E-state index contributed by atoms with van der Waals surface area (Å²) in [6.07, 6.45) is 0.576. The molecule has 3 nitrogen and oxygen atoms in total. The minimum atomic E-state index is -0.484. The zero-order valence-corrected chi connectivity index (χ0v) is 7.83. The first-order chi connectivity index (χ1) is 6.76. The van der Waals surface area contributed by atoms with Crippen molar-refractivity contribution in [3.05, 3.63) is 29.6 Å². The number of hydrogen-bond donors (Lipinski definition) is 0. The number of methoxy groups -OCH3 is 1. The number of carbonyl (C=O) groups is 1. The van der Waals surface area contributed by atoms with E-state index in [9.17, 15) is 9.18 Å². The van der Waals surface area contributed by atoms with E-state index in [1.165, 1.54) is 12.1 Å². The Morgan fingerprint density at radius 1 is 1.36 bits per heavy atom. The van der Waals surface area contributed by atoms with Gasteiger partial charge in [0.05, 0.1) is 6.61 Å². The summed E-state index contributed by atoms with van der Waals surface area (Å²) in [5, 5.41) is 0. The van der Waals surface area contributed by atoms with Crippen molar-refractivity contribution < 1.29 is 18.7 Å². The fraction of sp³-hybridized carbons (Fsp3) is 0.300. The van der Waals surface area contributed by atoms with Crippen LogP contribution in [-0.4, -0.2) is 26.6 Å². The number of carbonyl (C=O) groups excluding carboxylic acids is 1. The van der Waals surface area contributed by atoms with Crippen LogP contribution in [0.1, 0.15) is 10.4 Å². The lowest BCUT2D eigenvalue weighted by Gasteiger charge is -2.05. The maximum Gasteiger partial charge on any atom is 0.150 e. The highest BCUT2D eigenvalue weighted by Gasteiger charge is 2.00. The maximum atomic E-state index is 12.9. The van der Waals surface area contributed by atoms with Crippen molar-refractivity contribution in [3.63, 3.8) is 0 Å². The molecule has 0 bridgehead atoms. The van der Waals surface area contributed by atoms with Gasteiger partial charge in [-0.3, -0.25) is 4.79 Å². The van der Waals surface area contributed by atoms with Crippen LogP contribution in [0.25, 0.3) is 0 Å². The third-order valence-corrected chi connectivity index (χ3v) is 1.59. The Balaban J connectivity index is 2.66. The molecular weight excluding hydrogens is 187 g/mol. The highest BCUT2D eigenvalue weighted by atomic mass is 19.1. The number of halogens is 1. The van der Waals surface area contributed by atoms with E-state index in [4.69, 9.17) is 9.47 Å². The van der Waals surface area contributed by atoms with Crippen LogP contribution < -0.4 is 4.74 Å². The molecule has 0 amide bonds. The Bertz CT molecular complexity index is 312. The van der Waals surface area contributed by atoms with E-state index in [1.54, 1.807) is 7.11 Å². The normalized spacial score (nSPS) is 9.86. The van der Waals surface area contributed by atoms with Crippen LogP contribution in [0.15, 0.2) is 18.2 Å². The van der Waals surface area contributed by atoms with Crippen LogP contribution in [0.4, 0.5) is 4.39 Å². The molecule has 0 saturated heterocycles. The van der Waals surface area contributed by atoms with E-state index in [0.29, 0.717) is 25.2 Å². The zero-order chi connectivity index (χ0) is 10.4. The fourth-order valence-electron chi connectivity index (χ4n) is 0.979. The van der Waals surface area contributed by atoms with Crippen LogP contribution in [0.2, 0.25) is 0 Å². The van der Waals surface area contributed by atoms with Gasteiger partial charge in [-0.2, -0.15) is 0 Å². The second-order valence-corrected chi connectivity index (χ2v) is 2.68. The van der Waals surface area contributed by atoms with Crippen molar-refractivity contribution >= 4 is 6.29 Å². The van der Waals surface area contributed by atoms with Gasteiger partial charge in [0.2, 0.25) is 0 Å². The molecule has 0 aliphatic rings.